The number of aryl methyl sites for hydroxylation is 1. The van der Waals surface area contributed by atoms with Gasteiger partial charge in [-0.25, -0.2) is 4.39 Å². The van der Waals surface area contributed by atoms with Gasteiger partial charge in [-0.2, -0.15) is 5.10 Å². The first-order valence-electron chi connectivity index (χ1n) is 8.46. The van der Waals surface area contributed by atoms with Crippen LogP contribution in [0.3, 0.4) is 0 Å². The zero-order valence-corrected chi connectivity index (χ0v) is 16.1. The minimum Gasteiger partial charge on any atom is -0.345 e. The largest absolute Gasteiger partial charge is 0.345 e. The Balaban J connectivity index is 2.34. The number of benzene rings is 1. The maximum absolute atomic E-state index is 14.1. The maximum atomic E-state index is 14.1. The summed E-state index contributed by atoms with van der Waals surface area (Å²) < 4.78 is 15.9. The van der Waals surface area contributed by atoms with Crippen molar-refractivity contribution in [1.82, 2.24) is 14.7 Å². The van der Waals surface area contributed by atoms with Gasteiger partial charge in [0.25, 0.3) is 11.8 Å². The molecule has 2 rings (SSSR count). The average molecular weight is 360 g/mol. The summed E-state index contributed by atoms with van der Waals surface area (Å²) in [4.78, 5) is 26.1. The van der Waals surface area contributed by atoms with Gasteiger partial charge in [-0.1, -0.05) is 6.92 Å². The molecule has 0 atom stereocenters. The van der Waals surface area contributed by atoms with Crippen LogP contribution in [-0.4, -0.2) is 40.6 Å². The van der Waals surface area contributed by atoms with Crippen LogP contribution in [0.4, 0.5) is 10.1 Å². The Morgan fingerprint density at radius 2 is 1.92 bits per heavy atom. The second-order valence-corrected chi connectivity index (χ2v) is 7.31. The molecule has 0 fully saturated rings. The highest BCUT2D eigenvalue weighted by Crippen LogP contribution is 2.21. The number of carbonyl (C=O) groups excluding carboxylic acids is 2. The molecule has 0 saturated carbocycles. The van der Waals surface area contributed by atoms with Gasteiger partial charge in [-0.15, -0.1) is 0 Å². The number of nitrogens with zero attached hydrogens (tertiary/aromatic N) is 3. The third kappa shape index (κ3) is 4.09. The number of halogens is 1. The lowest BCUT2D eigenvalue weighted by molar-refractivity contribution is 0.0827. The van der Waals surface area contributed by atoms with Gasteiger partial charge in [0.15, 0.2) is 0 Å². The Kier molecular flexibility index (Phi) is 5.49. The van der Waals surface area contributed by atoms with Crippen molar-refractivity contribution in [3.05, 3.63) is 47.0 Å². The lowest BCUT2D eigenvalue weighted by Crippen LogP contribution is -2.22. The molecule has 0 radical (unpaired) electrons. The van der Waals surface area contributed by atoms with Crippen molar-refractivity contribution in [2.24, 2.45) is 0 Å². The minimum absolute atomic E-state index is 0.0340. The molecule has 1 N–H and O–H groups in total. The van der Waals surface area contributed by atoms with E-state index < -0.39 is 11.7 Å². The third-order valence-electron chi connectivity index (χ3n) is 3.93. The highest BCUT2D eigenvalue weighted by Gasteiger charge is 2.22. The Labute approximate surface area is 153 Å². The first-order valence-corrected chi connectivity index (χ1v) is 8.46. The van der Waals surface area contributed by atoms with Crippen LogP contribution >= 0.6 is 0 Å². The van der Waals surface area contributed by atoms with Gasteiger partial charge in [0.05, 0.1) is 22.5 Å². The van der Waals surface area contributed by atoms with Crippen LogP contribution in [0.1, 0.15) is 54.1 Å². The highest BCUT2D eigenvalue weighted by molar-refractivity contribution is 6.05. The summed E-state index contributed by atoms with van der Waals surface area (Å²) in [7, 11) is 3.22. The van der Waals surface area contributed by atoms with Crippen molar-refractivity contribution in [3.8, 4) is 0 Å². The first-order chi connectivity index (χ1) is 12.0. The zero-order valence-electron chi connectivity index (χ0n) is 16.1. The fourth-order valence-electron chi connectivity index (χ4n) is 2.41. The van der Waals surface area contributed by atoms with Crippen LogP contribution in [0.2, 0.25) is 0 Å². The normalized spacial score (nSPS) is 11.3. The van der Waals surface area contributed by atoms with Crippen molar-refractivity contribution < 1.29 is 14.0 Å². The summed E-state index contributed by atoms with van der Waals surface area (Å²) in [5, 5.41) is 7.02. The highest BCUT2D eigenvalue weighted by atomic mass is 19.1. The van der Waals surface area contributed by atoms with E-state index in [1.54, 1.807) is 25.0 Å². The number of hydrogen-bond donors (Lipinski definition) is 1. The predicted molar refractivity (Wildman–Crippen MR) is 99.0 cm³/mol. The number of carbonyl (C=O) groups is 2. The Hall–Kier alpha value is -2.70. The van der Waals surface area contributed by atoms with E-state index >= 15 is 0 Å². The van der Waals surface area contributed by atoms with Crippen molar-refractivity contribution in [3.63, 3.8) is 0 Å². The summed E-state index contributed by atoms with van der Waals surface area (Å²) in [6.07, 6.45) is 2.24. The fraction of sp³-hybridized carbons (Fsp3) is 0.421. The second kappa shape index (κ2) is 7.27. The SMILES string of the molecule is CCc1nn(C(C)(C)C)cc1C(=O)Nc1cc(C(=O)N(C)C)ccc1F. The molecule has 0 aliphatic carbocycles. The fourth-order valence-corrected chi connectivity index (χ4v) is 2.41. The first kappa shape index (κ1) is 19.6. The van der Waals surface area contributed by atoms with Crippen LogP contribution in [0.25, 0.3) is 0 Å². The summed E-state index contributed by atoms with van der Waals surface area (Å²) in [5.41, 5.74) is 1.02. The molecular weight excluding hydrogens is 335 g/mol. The predicted octanol–water partition coefficient (Wildman–Crippen LogP) is 3.29. The Morgan fingerprint density at radius 1 is 1.27 bits per heavy atom. The summed E-state index contributed by atoms with van der Waals surface area (Å²) in [6, 6.07) is 3.91. The average Bonchev–Trinajstić information content (AvgIpc) is 3.00. The molecule has 0 aliphatic rings. The molecule has 0 spiro atoms. The van der Waals surface area contributed by atoms with E-state index in [4.69, 9.17) is 0 Å². The van der Waals surface area contributed by atoms with Crippen LogP contribution in [0.15, 0.2) is 24.4 Å². The molecule has 1 aromatic carbocycles. The molecule has 1 aromatic heterocycles. The lowest BCUT2D eigenvalue weighted by atomic mass is 10.1. The van der Waals surface area contributed by atoms with Gasteiger partial charge in [-0.05, 0) is 45.4 Å². The molecule has 0 saturated heterocycles. The quantitative estimate of drug-likeness (QED) is 0.910. The van der Waals surface area contributed by atoms with Gasteiger partial charge in [-0.3, -0.25) is 14.3 Å². The Morgan fingerprint density at radius 3 is 2.46 bits per heavy atom. The molecule has 0 aliphatic heterocycles. The number of anilines is 1. The summed E-state index contributed by atoms with van der Waals surface area (Å²) in [5.74, 6) is -1.32. The van der Waals surface area contributed by atoms with E-state index in [0.29, 0.717) is 23.2 Å². The number of aromatic nitrogens is 2. The van der Waals surface area contributed by atoms with Crippen LogP contribution in [0.5, 0.6) is 0 Å². The number of rotatable bonds is 4. The molecule has 0 bridgehead atoms. The molecule has 26 heavy (non-hydrogen) atoms. The third-order valence-corrected chi connectivity index (χ3v) is 3.93. The van der Waals surface area contributed by atoms with Crippen LogP contribution in [-0.2, 0) is 12.0 Å². The van der Waals surface area contributed by atoms with Crippen LogP contribution < -0.4 is 5.32 Å². The number of nitrogens with one attached hydrogen (secondary N) is 1. The van der Waals surface area contributed by atoms with Crippen molar-refractivity contribution in [2.45, 2.75) is 39.7 Å². The van der Waals surface area contributed by atoms with Gasteiger partial charge in [0, 0.05) is 25.9 Å². The topological polar surface area (TPSA) is 67.2 Å². The zero-order chi connectivity index (χ0) is 19.6. The minimum atomic E-state index is -0.602. The molecule has 1 heterocycles. The molecule has 2 amide bonds. The molecule has 0 unspecified atom stereocenters. The van der Waals surface area contributed by atoms with E-state index in [-0.39, 0.29) is 17.1 Å². The lowest BCUT2D eigenvalue weighted by Gasteiger charge is -2.18. The van der Waals surface area contributed by atoms with Gasteiger partial charge < -0.3 is 10.2 Å². The van der Waals surface area contributed by atoms with Crippen molar-refractivity contribution in [1.29, 1.82) is 0 Å². The second-order valence-electron chi connectivity index (χ2n) is 7.31. The van der Waals surface area contributed by atoms with Crippen molar-refractivity contribution in [2.75, 3.05) is 19.4 Å². The molecule has 6 nitrogen and oxygen atoms in total. The van der Waals surface area contributed by atoms with E-state index in [1.807, 2.05) is 27.7 Å². The van der Waals surface area contributed by atoms with E-state index in [9.17, 15) is 14.0 Å². The van der Waals surface area contributed by atoms with Gasteiger partial charge in [0.2, 0.25) is 0 Å². The number of amides is 2. The maximum Gasteiger partial charge on any atom is 0.259 e. The smallest absolute Gasteiger partial charge is 0.259 e. The van der Waals surface area contributed by atoms with Gasteiger partial charge in [0.1, 0.15) is 5.82 Å². The monoisotopic (exact) mass is 360 g/mol. The van der Waals surface area contributed by atoms with Crippen molar-refractivity contribution >= 4 is 17.5 Å². The van der Waals surface area contributed by atoms with Crippen LogP contribution in [0, 0.1) is 5.82 Å². The molecule has 7 heteroatoms. The standard InChI is InChI=1S/C19H25FN4O2/c1-7-15-13(11-24(22-15)19(2,3)4)17(25)21-16-10-12(8-9-14(16)20)18(26)23(5)6/h8-11H,7H2,1-6H3,(H,21,25). The molecule has 2 aromatic rings. The molecule has 140 valence electrons. The molecular formula is C19H25FN4O2. The van der Waals surface area contributed by atoms with E-state index in [2.05, 4.69) is 10.4 Å². The summed E-state index contributed by atoms with van der Waals surface area (Å²) in [6.45, 7) is 7.86. The number of hydrogen-bond acceptors (Lipinski definition) is 3. The van der Waals surface area contributed by atoms with E-state index in [1.165, 1.54) is 23.1 Å². The van der Waals surface area contributed by atoms with E-state index in [0.717, 1.165) is 0 Å². The van der Waals surface area contributed by atoms with Gasteiger partial charge >= 0.3 is 0 Å². The summed E-state index contributed by atoms with van der Waals surface area (Å²) >= 11 is 0. The Bertz CT molecular complexity index is 835.